The van der Waals surface area contributed by atoms with Crippen molar-refractivity contribution in [2.75, 3.05) is 6.61 Å². The number of hydrogen-bond donors (Lipinski definition) is 1. The zero-order chi connectivity index (χ0) is 8.10. The minimum Gasteiger partial charge on any atom is -0.498 e. The van der Waals surface area contributed by atoms with Crippen LogP contribution < -0.4 is 0 Å². The molecular weight excluding hydrogens is 140 g/mol. The molecule has 0 aromatic carbocycles. The maximum absolute atomic E-state index is 8.90. The van der Waals surface area contributed by atoms with Crippen molar-refractivity contribution in [2.45, 2.75) is 18.9 Å². The van der Waals surface area contributed by atoms with Crippen molar-refractivity contribution in [1.29, 1.82) is 0 Å². The van der Waals surface area contributed by atoms with Crippen molar-refractivity contribution in [3.63, 3.8) is 0 Å². The summed E-state index contributed by atoms with van der Waals surface area (Å²) in [5.41, 5.74) is 0. The molecule has 2 heteroatoms. The molecule has 0 aliphatic carbocycles. The minimum atomic E-state index is 0.0833. The highest BCUT2D eigenvalue weighted by molar-refractivity contribution is 4.91. The van der Waals surface area contributed by atoms with Gasteiger partial charge in [-0.3, -0.25) is 0 Å². The Morgan fingerprint density at radius 1 is 1.82 bits per heavy atom. The standard InChI is InChI=1S/C9H14O2/c1-2-8(7-10)9-5-3-4-6-11-9/h2,4,6,8-10H,1,3,5,7H2/t8-,9-/m0/s1. The topological polar surface area (TPSA) is 29.5 Å². The molecule has 0 bridgehead atoms. The number of hydrogen-bond acceptors (Lipinski definition) is 2. The monoisotopic (exact) mass is 154 g/mol. The van der Waals surface area contributed by atoms with Gasteiger partial charge in [0.15, 0.2) is 0 Å². The number of ether oxygens (including phenoxy) is 1. The summed E-state index contributed by atoms with van der Waals surface area (Å²) in [6, 6.07) is 0. The first kappa shape index (κ1) is 8.34. The minimum absolute atomic E-state index is 0.0833. The molecule has 1 heterocycles. The Balaban J connectivity index is 2.44. The van der Waals surface area contributed by atoms with Crippen molar-refractivity contribution in [3.05, 3.63) is 25.0 Å². The third kappa shape index (κ3) is 2.09. The Labute approximate surface area is 67.2 Å². The average molecular weight is 154 g/mol. The lowest BCUT2D eigenvalue weighted by Gasteiger charge is -2.24. The van der Waals surface area contributed by atoms with Gasteiger partial charge in [-0.05, 0) is 18.9 Å². The predicted octanol–water partition coefficient (Wildman–Crippen LogP) is 1.47. The van der Waals surface area contributed by atoms with Gasteiger partial charge in [-0.1, -0.05) is 6.08 Å². The van der Waals surface area contributed by atoms with Crippen LogP contribution in [-0.2, 0) is 4.74 Å². The quantitative estimate of drug-likeness (QED) is 0.624. The first-order valence-electron chi connectivity index (χ1n) is 3.92. The lowest BCUT2D eigenvalue weighted by molar-refractivity contribution is 0.0599. The van der Waals surface area contributed by atoms with E-state index in [1.807, 2.05) is 6.08 Å². The normalized spacial score (nSPS) is 25.7. The summed E-state index contributed by atoms with van der Waals surface area (Å²) in [4.78, 5) is 0. The maximum Gasteiger partial charge on any atom is 0.106 e. The molecule has 0 fully saturated rings. The van der Waals surface area contributed by atoms with Gasteiger partial charge in [0.1, 0.15) is 6.10 Å². The summed E-state index contributed by atoms with van der Waals surface area (Å²) in [5.74, 6) is 0.0833. The van der Waals surface area contributed by atoms with Crippen LogP contribution in [0.15, 0.2) is 25.0 Å². The molecule has 2 nitrogen and oxygen atoms in total. The molecule has 0 aromatic heterocycles. The van der Waals surface area contributed by atoms with Gasteiger partial charge in [-0.2, -0.15) is 0 Å². The summed E-state index contributed by atoms with van der Waals surface area (Å²) in [6.07, 6.45) is 7.60. The fourth-order valence-electron chi connectivity index (χ4n) is 1.21. The van der Waals surface area contributed by atoms with Crippen LogP contribution in [-0.4, -0.2) is 17.8 Å². The van der Waals surface area contributed by atoms with Crippen molar-refractivity contribution in [2.24, 2.45) is 5.92 Å². The van der Waals surface area contributed by atoms with Crippen LogP contribution in [0.25, 0.3) is 0 Å². The van der Waals surface area contributed by atoms with Crippen LogP contribution in [0.2, 0.25) is 0 Å². The Hall–Kier alpha value is -0.760. The summed E-state index contributed by atoms with van der Waals surface area (Å²) in [6.45, 7) is 3.77. The van der Waals surface area contributed by atoms with E-state index in [4.69, 9.17) is 9.84 Å². The second-order valence-corrected chi connectivity index (χ2v) is 2.71. The zero-order valence-electron chi connectivity index (χ0n) is 6.57. The zero-order valence-corrected chi connectivity index (χ0v) is 6.57. The Bertz CT molecular complexity index is 152. The van der Waals surface area contributed by atoms with E-state index >= 15 is 0 Å². The molecule has 62 valence electrons. The molecule has 2 atom stereocenters. The summed E-state index contributed by atoms with van der Waals surface area (Å²) < 4.78 is 5.31. The van der Waals surface area contributed by atoms with Crippen LogP contribution in [0.4, 0.5) is 0 Å². The molecule has 1 aliphatic heterocycles. The number of rotatable bonds is 3. The van der Waals surface area contributed by atoms with Gasteiger partial charge in [-0.25, -0.2) is 0 Å². The second-order valence-electron chi connectivity index (χ2n) is 2.71. The Morgan fingerprint density at radius 2 is 2.64 bits per heavy atom. The summed E-state index contributed by atoms with van der Waals surface area (Å²) in [7, 11) is 0. The maximum atomic E-state index is 8.90. The van der Waals surface area contributed by atoms with Crippen LogP contribution in [0.1, 0.15) is 12.8 Å². The van der Waals surface area contributed by atoms with E-state index in [1.54, 1.807) is 12.3 Å². The van der Waals surface area contributed by atoms with Crippen LogP contribution in [0.5, 0.6) is 0 Å². The van der Waals surface area contributed by atoms with E-state index < -0.39 is 0 Å². The first-order valence-corrected chi connectivity index (χ1v) is 3.92. The van der Waals surface area contributed by atoms with E-state index in [-0.39, 0.29) is 18.6 Å². The molecule has 0 radical (unpaired) electrons. The molecule has 0 saturated heterocycles. The van der Waals surface area contributed by atoms with Gasteiger partial charge in [0.25, 0.3) is 0 Å². The van der Waals surface area contributed by atoms with Gasteiger partial charge >= 0.3 is 0 Å². The van der Waals surface area contributed by atoms with Crippen molar-refractivity contribution in [1.82, 2.24) is 0 Å². The van der Waals surface area contributed by atoms with E-state index in [2.05, 4.69) is 6.58 Å². The second kappa shape index (κ2) is 4.19. The van der Waals surface area contributed by atoms with Gasteiger partial charge in [0, 0.05) is 5.92 Å². The van der Waals surface area contributed by atoms with Crippen LogP contribution in [0.3, 0.4) is 0 Å². The van der Waals surface area contributed by atoms with Crippen molar-refractivity contribution >= 4 is 0 Å². The third-order valence-corrected chi connectivity index (χ3v) is 1.96. The van der Waals surface area contributed by atoms with Gasteiger partial charge in [0.05, 0.1) is 12.9 Å². The van der Waals surface area contributed by atoms with E-state index in [0.29, 0.717) is 0 Å². The molecule has 0 aromatic rings. The van der Waals surface area contributed by atoms with Gasteiger partial charge < -0.3 is 9.84 Å². The molecule has 1 rings (SSSR count). The molecule has 1 N–H and O–H groups in total. The van der Waals surface area contributed by atoms with Crippen molar-refractivity contribution < 1.29 is 9.84 Å². The van der Waals surface area contributed by atoms with Crippen molar-refractivity contribution in [3.8, 4) is 0 Å². The van der Waals surface area contributed by atoms with E-state index in [1.165, 1.54) is 0 Å². The lowest BCUT2D eigenvalue weighted by Crippen LogP contribution is -2.25. The third-order valence-electron chi connectivity index (χ3n) is 1.96. The number of aliphatic hydroxyl groups excluding tert-OH is 1. The fraction of sp³-hybridized carbons (Fsp3) is 0.556. The molecule has 0 unspecified atom stereocenters. The Kier molecular flexibility index (Phi) is 3.17. The average Bonchev–Trinajstić information content (AvgIpc) is 2.09. The lowest BCUT2D eigenvalue weighted by atomic mass is 9.98. The smallest absolute Gasteiger partial charge is 0.106 e. The van der Waals surface area contributed by atoms with Gasteiger partial charge in [0.2, 0.25) is 0 Å². The highest BCUT2D eigenvalue weighted by Crippen LogP contribution is 2.18. The first-order chi connectivity index (χ1) is 5.38. The highest BCUT2D eigenvalue weighted by Gasteiger charge is 2.19. The molecule has 1 aliphatic rings. The predicted molar refractivity (Wildman–Crippen MR) is 44.0 cm³/mol. The molecule has 0 saturated carbocycles. The molecular formula is C9H14O2. The van der Waals surface area contributed by atoms with Crippen LogP contribution >= 0.6 is 0 Å². The number of aliphatic hydroxyl groups is 1. The highest BCUT2D eigenvalue weighted by atomic mass is 16.5. The molecule has 0 amide bonds. The fourth-order valence-corrected chi connectivity index (χ4v) is 1.21. The van der Waals surface area contributed by atoms with Crippen LogP contribution in [0, 0.1) is 5.92 Å². The van der Waals surface area contributed by atoms with Gasteiger partial charge in [-0.15, -0.1) is 6.58 Å². The summed E-state index contributed by atoms with van der Waals surface area (Å²) in [5, 5.41) is 8.90. The molecule has 11 heavy (non-hydrogen) atoms. The Morgan fingerprint density at radius 3 is 3.09 bits per heavy atom. The summed E-state index contributed by atoms with van der Waals surface area (Å²) >= 11 is 0. The largest absolute Gasteiger partial charge is 0.498 e. The number of allylic oxidation sites excluding steroid dienone is 1. The van der Waals surface area contributed by atoms with E-state index in [0.717, 1.165) is 12.8 Å². The molecule has 0 spiro atoms. The SMILES string of the molecule is C=C[C@@H](CO)[C@@H]1CCC=CO1. The van der Waals surface area contributed by atoms with E-state index in [9.17, 15) is 0 Å².